The number of nitrogens with one attached hydrogen (secondary N) is 2. The van der Waals surface area contributed by atoms with Crippen LogP contribution in [-0.2, 0) is 4.74 Å². The van der Waals surface area contributed by atoms with E-state index in [4.69, 9.17) is 9.72 Å². The molecule has 1 aliphatic rings. The summed E-state index contributed by atoms with van der Waals surface area (Å²) in [6.45, 7) is 4.81. The van der Waals surface area contributed by atoms with Crippen molar-refractivity contribution >= 4 is 11.6 Å². The number of hydrogen-bond acceptors (Lipinski definition) is 5. The molecule has 1 atom stereocenters. The van der Waals surface area contributed by atoms with Gasteiger partial charge in [0, 0.05) is 31.3 Å². The van der Waals surface area contributed by atoms with Gasteiger partial charge < -0.3 is 15.4 Å². The Kier molecular flexibility index (Phi) is 6.63. The van der Waals surface area contributed by atoms with Gasteiger partial charge in [-0.2, -0.15) is 0 Å². The lowest BCUT2D eigenvalue weighted by Crippen LogP contribution is -2.19. The van der Waals surface area contributed by atoms with Gasteiger partial charge in [-0.05, 0) is 19.3 Å². The van der Waals surface area contributed by atoms with E-state index >= 15 is 0 Å². The van der Waals surface area contributed by atoms with Crippen LogP contribution in [0.4, 0.5) is 11.6 Å². The standard InChI is InChI=1S/C20H28N4O/c1-2-3-7-12-21-18-14-19(22-15-17-11-8-13-25-17)24-20(23-18)16-9-5-4-6-10-16/h4-6,9-10,14,17H,2-3,7-8,11-13,15H2,1H3,(H2,21,22,23,24). The van der Waals surface area contributed by atoms with E-state index < -0.39 is 0 Å². The highest BCUT2D eigenvalue weighted by atomic mass is 16.5. The van der Waals surface area contributed by atoms with Crippen LogP contribution in [0.15, 0.2) is 36.4 Å². The summed E-state index contributed by atoms with van der Waals surface area (Å²) in [5.74, 6) is 2.47. The molecule has 25 heavy (non-hydrogen) atoms. The second-order valence-corrected chi connectivity index (χ2v) is 6.48. The predicted octanol–water partition coefficient (Wildman–Crippen LogP) is 4.34. The highest BCUT2D eigenvalue weighted by Gasteiger charge is 2.15. The van der Waals surface area contributed by atoms with Crippen LogP contribution in [0.5, 0.6) is 0 Å². The fourth-order valence-electron chi connectivity index (χ4n) is 2.96. The second-order valence-electron chi connectivity index (χ2n) is 6.48. The van der Waals surface area contributed by atoms with Crippen molar-refractivity contribution in [2.45, 2.75) is 45.1 Å². The molecule has 1 fully saturated rings. The van der Waals surface area contributed by atoms with Crippen LogP contribution < -0.4 is 10.6 Å². The van der Waals surface area contributed by atoms with Gasteiger partial charge in [0.1, 0.15) is 11.6 Å². The minimum Gasteiger partial charge on any atom is -0.376 e. The fraction of sp³-hybridized carbons (Fsp3) is 0.500. The quantitative estimate of drug-likeness (QED) is 0.665. The Balaban J connectivity index is 1.72. The van der Waals surface area contributed by atoms with E-state index in [0.29, 0.717) is 0 Å². The maximum absolute atomic E-state index is 5.69. The Labute approximate surface area is 150 Å². The molecule has 1 saturated heterocycles. The first-order valence-electron chi connectivity index (χ1n) is 9.39. The number of hydrogen-bond donors (Lipinski definition) is 2. The first kappa shape index (κ1) is 17.7. The predicted molar refractivity (Wildman–Crippen MR) is 103 cm³/mol. The van der Waals surface area contributed by atoms with Gasteiger partial charge in [0.25, 0.3) is 0 Å². The molecule has 0 spiro atoms. The van der Waals surface area contributed by atoms with Crippen molar-refractivity contribution in [1.29, 1.82) is 0 Å². The molecular formula is C20H28N4O. The maximum atomic E-state index is 5.69. The van der Waals surface area contributed by atoms with Crippen molar-refractivity contribution in [2.75, 3.05) is 30.3 Å². The van der Waals surface area contributed by atoms with Gasteiger partial charge in [0.2, 0.25) is 0 Å². The number of benzene rings is 1. The molecule has 3 rings (SSSR count). The topological polar surface area (TPSA) is 59.1 Å². The van der Waals surface area contributed by atoms with E-state index in [0.717, 1.165) is 62.0 Å². The Morgan fingerprint density at radius 1 is 1.08 bits per heavy atom. The van der Waals surface area contributed by atoms with Crippen LogP contribution in [0.2, 0.25) is 0 Å². The minimum absolute atomic E-state index is 0.288. The van der Waals surface area contributed by atoms with E-state index in [1.165, 1.54) is 12.8 Å². The second kappa shape index (κ2) is 9.37. The summed E-state index contributed by atoms with van der Waals surface area (Å²) >= 11 is 0. The van der Waals surface area contributed by atoms with Crippen molar-refractivity contribution < 1.29 is 4.74 Å². The van der Waals surface area contributed by atoms with Gasteiger partial charge in [0.05, 0.1) is 6.10 Å². The van der Waals surface area contributed by atoms with Crippen LogP contribution in [0, 0.1) is 0 Å². The van der Waals surface area contributed by atoms with Crippen LogP contribution >= 0.6 is 0 Å². The number of rotatable bonds is 9. The monoisotopic (exact) mass is 340 g/mol. The summed E-state index contributed by atoms with van der Waals surface area (Å²) in [6.07, 6.45) is 6.15. The molecular weight excluding hydrogens is 312 g/mol. The van der Waals surface area contributed by atoms with Gasteiger partial charge in [-0.3, -0.25) is 0 Å². The fourth-order valence-corrected chi connectivity index (χ4v) is 2.96. The first-order valence-corrected chi connectivity index (χ1v) is 9.39. The molecule has 1 aliphatic heterocycles. The maximum Gasteiger partial charge on any atom is 0.163 e. The largest absolute Gasteiger partial charge is 0.376 e. The van der Waals surface area contributed by atoms with E-state index in [9.17, 15) is 0 Å². The lowest BCUT2D eigenvalue weighted by atomic mass is 10.2. The molecule has 0 radical (unpaired) electrons. The summed E-state index contributed by atoms with van der Waals surface area (Å²) in [7, 11) is 0. The molecule has 2 heterocycles. The molecule has 5 heteroatoms. The average molecular weight is 340 g/mol. The summed E-state index contributed by atoms with van der Waals surface area (Å²) < 4.78 is 5.69. The van der Waals surface area contributed by atoms with Gasteiger partial charge in [-0.15, -0.1) is 0 Å². The van der Waals surface area contributed by atoms with E-state index in [1.807, 2.05) is 36.4 Å². The van der Waals surface area contributed by atoms with Crippen molar-refractivity contribution in [2.24, 2.45) is 0 Å². The van der Waals surface area contributed by atoms with Gasteiger partial charge in [-0.25, -0.2) is 9.97 Å². The zero-order valence-corrected chi connectivity index (χ0v) is 15.0. The van der Waals surface area contributed by atoms with Crippen molar-refractivity contribution in [1.82, 2.24) is 9.97 Å². The number of aromatic nitrogens is 2. The van der Waals surface area contributed by atoms with Crippen LogP contribution in [0.1, 0.15) is 39.0 Å². The molecule has 1 aromatic carbocycles. The zero-order chi connectivity index (χ0) is 17.3. The SMILES string of the molecule is CCCCCNc1cc(NCC2CCCO2)nc(-c2ccccc2)n1. The lowest BCUT2D eigenvalue weighted by molar-refractivity contribution is 0.120. The minimum atomic E-state index is 0.288. The number of nitrogens with zero attached hydrogens (tertiary/aromatic N) is 2. The van der Waals surface area contributed by atoms with E-state index in [2.05, 4.69) is 22.5 Å². The van der Waals surface area contributed by atoms with Gasteiger partial charge >= 0.3 is 0 Å². The van der Waals surface area contributed by atoms with Crippen molar-refractivity contribution in [3.8, 4) is 11.4 Å². The molecule has 0 saturated carbocycles. The van der Waals surface area contributed by atoms with E-state index in [-0.39, 0.29) is 6.10 Å². The van der Waals surface area contributed by atoms with Gasteiger partial charge in [0.15, 0.2) is 5.82 Å². The molecule has 5 nitrogen and oxygen atoms in total. The third-order valence-electron chi connectivity index (χ3n) is 4.38. The first-order chi connectivity index (χ1) is 12.3. The van der Waals surface area contributed by atoms with Gasteiger partial charge in [-0.1, -0.05) is 50.1 Å². The Morgan fingerprint density at radius 3 is 2.60 bits per heavy atom. The number of ether oxygens (including phenoxy) is 1. The molecule has 134 valence electrons. The Hall–Kier alpha value is -2.14. The van der Waals surface area contributed by atoms with Crippen molar-refractivity contribution in [3.05, 3.63) is 36.4 Å². The zero-order valence-electron chi connectivity index (χ0n) is 15.0. The highest BCUT2D eigenvalue weighted by molar-refractivity contribution is 5.61. The third-order valence-corrected chi connectivity index (χ3v) is 4.38. The van der Waals surface area contributed by atoms with Crippen LogP contribution in [0.3, 0.4) is 0 Å². The number of anilines is 2. The third kappa shape index (κ3) is 5.43. The Bertz CT molecular complexity index is 641. The number of unbranched alkanes of at least 4 members (excludes halogenated alkanes) is 2. The molecule has 1 aromatic heterocycles. The lowest BCUT2D eigenvalue weighted by Gasteiger charge is -2.14. The summed E-state index contributed by atoms with van der Waals surface area (Å²) in [5, 5.41) is 6.86. The highest BCUT2D eigenvalue weighted by Crippen LogP contribution is 2.21. The molecule has 2 N–H and O–H groups in total. The Morgan fingerprint density at radius 2 is 1.88 bits per heavy atom. The van der Waals surface area contributed by atoms with Crippen LogP contribution in [-0.4, -0.2) is 35.8 Å². The molecule has 0 amide bonds. The summed E-state index contributed by atoms with van der Waals surface area (Å²) in [5.41, 5.74) is 1.03. The molecule has 0 bridgehead atoms. The molecule has 1 unspecified atom stereocenters. The molecule has 0 aliphatic carbocycles. The van der Waals surface area contributed by atoms with Crippen molar-refractivity contribution in [3.63, 3.8) is 0 Å². The van der Waals surface area contributed by atoms with Crippen LogP contribution in [0.25, 0.3) is 11.4 Å². The smallest absolute Gasteiger partial charge is 0.163 e. The average Bonchev–Trinajstić information content (AvgIpc) is 3.18. The molecule has 2 aromatic rings. The summed E-state index contributed by atoms with van der Waals surface area (Å²) in [4.78, 5) is 9.38. The normalized spacial score (nSPS) is 16.8. The summed E-state index contributed by atoms with van der Waals surface area (Å²) in [6, 6.07) is 12.1. The van der Waals surface area contributed by atoms with E-state index in [1.54, 1.807) is 0 Å².